The maximum absolute atomic E-state index is 12.3. The van der Waals surface area contributed by atoms with Crippen LogP contribution in [0, 0.1) is 5.92 Å². The number of hydrazine groups is 1. The summed E-state index contributed by atoms with van der Waals surface area (Å²) in [5.74, 6) is -1.40. The van der Waals surface area contributed by atoms with Crippen LogP contribution in [0.25, 0.3) is 0 Å². The van der Waals surface area contributed by atoms with Crippen LogP contribution >= 0.6 is 11.6 Å². The largest absolute Gasteiger partial charge is 0.465 e. The van der Waals surface area contributed by atoms with Crippen molar-refractivity contribution in [1.82, 2.24) is 25.9 Å². The van der Waals surface area contributed by atoms with Gasteiger partial charge in [-0.05, 0) is 18.4 Å². The van der Waals surface area contributed by atoms with Gasteiger partial charge in [-0.3, -0.25) is 20.1 Å². The smallest absolute Gasteiger partial charge is 0.405 e. The highest BCUT2D eigenvalue weighted by Crippen LogP contribution is 2.06. The van der Waals surface area contributed by atoms with Crippen LogP contribution in [0.15, 0.2) is 12.3 Å². The molecular formula is C13H20ClN5O4. The number of amides is 3. The summed E-state index contributed by atoms with van der Waals surface area (Å²) in [5, 5.41) is 18.5. The van der Waals surface area contributed by atoms with Gasteiger partial charge in [0.25, 0.3) is 11.8 Å². The lowest BCUT2D eigenvalue weighted by Gasteiger charge is -2.25. The molecule has 1 heterocycles. The molecule has 0 aromatic carbocycles. The van der Waals surface area contributed by atoms with Crippen molar-refractivity contribution in [2.75, 3.05) is 5.88 Å². The Labute approximate surface area is 138 Å². The molecule has 0 fully saturated rings. The minimum Gasteiger partial charge on any atom is -0.465 e. The third-order valence-electron chi connectivity index (χ3n) is 2.86. The lowest BCUT2D eigenvalue weighted by Crippen LogP contribution is -2.54. The summed E-state index contributed by atoms with van der Waals surface area (Å²) in [5.41, 5.74) is 2.92. The molecule has 3 amide bonds. The highest BCUT2D eigenvalue weighted by Gasteiger charge is 2.25. The number of aromatic nitrogens is 2. The zero-order chi connectivity index (χ0) is 17.4. The molecule has 9 nitrogen and oxygen atoms in total. The van der Waals surface area contributed by atoms with Crippen molar-refractivity contribution in [2.45, 2.75) is 32.9 Å². The molecule has 128 valence electrons. The van der Waals surface area contributed by atoms with Crippen molar-refractivity contribution in [3.8, 4) is 0 Å². The Morgan fingerprint density at radius 3 is 2.61 bits per heavy atom. The normalized spacial score (nSPS) is 11.8. The molecule has 0 saturated carbocycles. The first-order valence-electron chi connectivity index (χ1n) is 6.98. The summed E-state index contributed by atoms with van der Waals surface area (Å²) in [4.78, 5) is 34.9. The fraction of sp³-hybridized carbons (Fsp3) is 0.538. The molecule has 10 heteroatoms. The van der Waals surface area contributed by atoms with Crippen LogP contribution < -0.4 is 10.7 Å². The second-order valence-corrected chi connectivity index (χ2v) is 5.55. The number of hydrogen-bond acceptors (Lipinski definition) is 4. The highest BCUT2D eigenvalue weighted by atomic mass is 35.5. The van der Waals surface area contributed by atoms with E-state index < -0.39 is 23.9 Å². The number of hydrogen-bond donors (Lipinski definition) is 4. The highest BCUT2D eigenvalue weighted by molar-refractivity contribution is 6.27. The van der Waals surface area contributed by atoms with Crippen LogP contribution in [0.5, 0.6) is 0 Å². The summed E-state index contributed by atoms with van der Waals surface area (Å²) in [6.07, 6.45) is 0.561. The summed E-state index contributed by atoms with van der Waals surface area (Å²) in [7, 11) is 0. The summed E-state index contributed by atoms with van der Waals surface area (Å²) in [6.45, 7) is 3.73. The molecule has 0 aliphatic rings. The maximum Gasteiger partial charge on any atom is 0.405 e. The quantitative estimate of drug-likeness (QED) is 0.427. The van der Waals surface area contributed by atoms with Gasteiger partial charge in [-0.2, -0.15) is 5.10 Å². The summed E-state index contributed by atoms with van der Waals surface area (Å²) in [6, 6.07) is 0.666. The SMILES string of the molecule is CC(C)C[C@H](NC(=O)O)C(=O)NN(Cc1cc[nH]n1)C(=O)CCl. The Morgan fingerprint density at radius 1 is 1.43 bits per heavy atom. The number of nitrogens with zero attached hydrogens (tertiary/aromatic N) is 2. The third kappa shape index (κ3) is 6.55. The fourth-order valence-electron chi connectivity index (χ4n) is 1.87. The number of nitrogens with one attached hydrogen (secondary N) is 3. The Kier molecular flexibility index (Phi) is 7.33. The number of halogens is 1. The van der Waals surface area contributed by atoms with E-state index in [0.29, 0.717) is 12.1 Å². The van der Waals surface area contributed by atoms with Crippen molar-refractivity contribution in [3.63, 3.8) is 0 Å². The molecule has 23 heavy (non-hydrogen) atoms. The van der Waals surface area contributed by atoms with Crippen LogP contribution in [-0.2, 0) is 16.1 Å². The maximum atomic E-state index is 12.3. The van der Waals surface area contributed by atoms with Crippen LogP contribution in [0.2, 0.25) is 0 Å². The molecule has 1 aromatic heterocycles. The van der Waals surface area contributed by atoms with Crippen LogP contribution in [-0.4, -0.2) is 50.1 Å². The molecule has 0 unspecified atom stereocenters. The van der Waals surface area contributed by atoms with E-state index in [1.165, 1.54) is 0 Å². The van der Waals surface area contributed by atoms with Crippen LogP contribution in [0.3, 0.4) is 0 Å². The average Bonchev–Trinajstić information content (AvgIpc) is 2.96. The van der Waals surface area contributed by atoms with Gasteiger partial charge in [0.15, 0.2) is 0 Å². The van der Waals surface area contributed by atoms with Crippen molar-refractivity contribution < 1.29 is 19.5 Å². The molecule has 0 bridgehead atoms. The average molecular weight is 346 g/mol. The molecule has 1 atom stereocenters. The number of carbonyl (C=O) groups is 3. The predicted molar refractivity (Wildman–Crippen MR) is 82.4 cm³/mol. The van der Waals surface area contributed by atoms with E-state index in [0.717, 1.165) is 5.01 Å². The molecule has 0 radical (unpaired) electrons. The van der Waals surface area contributed by atoms with Gasteiger partial charge in [0, 0.05) is 6.20 Å². The van der Waals surface area contributed by atoms with E-state index in [1.54, 1.807) is 12.3 Å². The Hall–Kier alpha value is -2.29. The van der Waals surface area contributed by atoms with E-state index in [1.807, 2.05) is 13.8 Å². The molecular weight excluding hydrogens is 326 g/mol. The van der Waals surface area contributed by atoms with Crippen molar-refractivity contribution in [3.05, 3.63) is 18.0 Å². The Bertz CT molecular complexity index is 534. The predicted octanol–water partition coefficient (Wildman–Crippen LogP) is 0.691. The van der Waals surface area contributed by atoms with Gasteiger partial charge < -0.3 is 10.4 Å². The molecule has 0 spiro atoms. The van der Waals surface area contributed by atoms with Crippen molar-refractivity contribution >= 4 is 29.5 Å². The first-order chi connectivity index (χ1) is 10.8. The van der Waals surface area contributed by atoms with E-state index in [9.17, 15) is 14.4 Å². The zero-order valence-corrected chi connectivity index (χ0v) is 13.6. The second-order valence-electron chi connectivity index (χ2n) is 5.29. The van der Waals surface area contributed by atoms with Gasteiger partial charge in [0.05, 0.1) is 12.2 Å². The molecule has 4 N–H and O–H groups in total. The number of carbonyl (C=O) groups excluding carboxylic acids is 2. The number of H-pyrrole nitrogens is 1. The van der Waals surface area contributed by atoms with Crippen molar-refractivity contribution in [1.29, 1.82) is 0 Å². The van der Waals surface area contributed by atoms with Gasteiger partial charge in [-0.1, -0.05) is 13.8 Å². The van der Waals surface area contributed by atoms with E-state index >= 15 is 0 Å². The van der Waals surface area contributed by atoms with E-state index in [2.05, 4.69) is 20.9 Å². The molecule has 1 rings (SSSR count). The first kappa shape index (κ1) is 18.8. The number of carboxylic acid groups (broad SMARTS) is 1. The Morgan fingerprint density at radius 2 is 2.13 bits per heavy atom. The molecule has 1 aromatic rings. The molecule has 0 aliphatic carbocycles. The van der Waals surface area contributed by atoms with Gasteiger partial charge >= 0.3 is 6.09 Å². The minimum absolute atomic E-state index is 0.0161. The van der Waals surface area contributed by atoms with Gasteiger partial charge in [-0.15, -0.1) is 11.6 Å². The van der Waals surface area contributed by atoms with Crippen LogP contribution in [0.4, 0.5) is 4.79 Å². The molecule has 0 aliphatic heterocycles. The summed E-state index contributed by atoms with van der Waals surface area (Å²) >= 11 is 5.54. The van der Waals surface area contributed by atoms with Crippen molar-refractivity contribution in [2.24, 2.45) is 5.92 Å². The van der Waals surface area contributed by atoms with Gasteiger partial charge in [0.2, 0.25) is 0 Å². The Balaban J connectivity index is 2.79. The molecule has 0 saturated heterocycles. The van der Waals surface area contributed by atoms with Gasteiger partial charge in [0.1, 0.15) is 11.9 Å². The van der Waals surface area contributed by atoms with Crippen LogP contribution in [0.1, 0.15) is 26.0 Å². The summed E-state index contributed by atoms with van der Waals surface area (Å²) < 4.78 is 0. The lowest BCUT2D eigenvalue weighted by atomic mass is 10.0. The minimum atomic E-state index is -1.31. The number of aromatic amines is 1. The third-order valence-corrected chi connectivity index (χ3v) is 3.09. The van der Waals surface area contributed by atoms with Gasteiger partial charge in [-0.25, -0.2) is 9.80 Å². The van der Waals surface area contributed by atoms with E-state index in [4.69, 9.17) is 16.7 Å². The number of rotatable bonds is 7. The van der Waals surface area contributed by atoms with E-state index in [-0.39, 0.29) is 18.3 Å². The first-order valence-corrected chi connectivity index (χ1v) is 7.51. The number of alkyl halides is 1. The lowest BCUT2D eigenvalue weighted by molar-refractivity contribution is -0.141. The topological polar surface area (TPSA) is 127 Å². The zero-order valence-electron chi connectivity index (χ0n) is 12.9. The fourth-order valence-corrected chi connectivity index (χ4v) is 2.01. The monoisotopic (exact) mass is 345 g/mol. The standard InChI is InChI=1S/C13H20ClN5O4/c1-8(2)5-10(16-13(22)23)12(21)18-19(11(20)6-14)7-9-3-4-15-17-9/h3-4,8,10,16H,5-7H2,1-2H3,(H,15,17)(H,18,21)(H,22,23)/t10-/m0/s1. The second kappa shape index (κ2) is 8.99.